The van der Waals surface area contributed by atoms with Crippen molar-refractivity contribution in [3.63, 3.8) is 0 Å². The Kier molecular flexibility index (Phi) is 6.00. The van der Waals surface area contributed by atoms with Crippen LogP contribution in [-0.2, 0) is 14.3 Å². The first-order chi connectivity index (χ1) is 5.72. The Hall–Kier alpha value is -1.10. The molecule has 0 rings (SSSR count). The molecule has 1 amide bonds. The molecule has 0 radical (unpaired) electrons. The molecule has 0 spiro atoms. The highest BCUT2D eigenvalue weighted by atomic mass is 16.5. The van der Waals surface area contributed by atoms with Gasteiger partial charge >= 0.3 is 11.9 Å². The average Bonchev–Trinajstić information content (AvgIpc) is 2.05. The fourth-order valence-electron chi connectivity index (χ4n) is 0.573. The molecule has 0 unspecified atom stereocenters. The van der Waals surface area contributed by atoms with Crippen LogP contribution >= 0.6 is 0 Å². The number of hydrogen-bond acceptors (Lipinski definition) is 4. The lowest BCUT2D eigenvalue weighted by Gasteiger charge is -2.02. The summed E-state index contributed by atoms with van der Waals surface area (Å²) in [6, 6.07) is 0. The number of amides is 1. The first-order valence-corrected chi connectivity index (χ1v) is 3.87. The minimum atomic E-state index is -0.838. The van der Waals surface area contributed by atoms with Gasteiger partial charge in [0.2, 0.25) is 0 Å². The predicted octanol–water partition coefficient (Wildman–Crippen LogP) is -0.985. The van der Waals surface area contributed by atoms with E-state index >= 15 is 0 Å². The lowest BCUT2D eigenvalue weighted by Crippen LogP contribution is -2.33. The zero-order valence-corrected chi connectivity index (χ0v) is 7.13. The second-order valence-corrected chi connectivity index (χ2v) is 2.12. The van der Waals surface area contributed by atoms with E-state index in [9.17, 15) is 9.59 Å². The minimum absolute atomic E-state index is 0.211. The molecule has 0 aliphatic heterocycles. The van der Waals surface area contributed by atoms with E-state index in [4.69, 9.17) is 5.73 Å². The van der Waals surface area contributed by atoms with Crippen molar-refractivity contribution in [2.75, 3.05) is 19.7 Å². The van der Waals surface area contributed by atoms with Gasteiger partial charge in [0.1, 0.15) is 0 Å². The van der Waals surface area contributed by atoms with Crippen LogP contribution in [-0.4, -0.2) is 31.6 Å². The zero-order chi connectivity index (χ0) is 9.40. The van der Waals surface area contributed by atoms with Gasteiger partial charge < -0.3 is 15.8 Å². The number of esters is 1. The van der Waals surface area contributed by atoms with Crippen LogP contribution in [0.1, 0.15) is 13.3 Å². The van der Waals surface area contributed by atoms with Crippen LogP contribution in [0.2, 0.25) is 0 Å². The van der Waals surface area contributed by atoms with E-state index in [0.717, 1.165) is 0 Å². The number of hydrogen-bond donors (Lipinski definition) is 2. The van der Waals surface area contributed by atoms with Crippen molar-refractivity contribution in [1.29, 1.82) is 0 Å². The summed E-state index contributed by atoms with van der Waals surface area (Å²) in [4.78, 5) is 21.5. The Balaban J connectivity index is 3.50. The molecule has 0 aromatic rings. The molecular formula is C7H14N2O3. The molecule has 3 N–H and O–H groups in total. The zero-order valence-electron chi connectivity index (χ0n) is 7.13. The topological polar surface area (TPSA) is 81.4 Å². The molecule has 12 heavy (non-hydrogen) atoms. The molecule has 0 aromatic carbocycles. The number of ether oxygens (including phenoxy) is 1. The smallest absolute Gasteiger partial charge is 0.396 e. The second kappa shape index (κ2) is 6.60. The largest absolute Gasteiger partial charge is 0.459 e. The number of nitrogens with two attached hydrogens (primary N) is 1. The lowest BCUT2D eigenvalue weighted by atomic mass is 10.4. The van der Waals surface area contributed by atoms with Crippen molar-refractivity contribution >= 4 is 11.9 Å². The third-order valence-electron chi connectivity index (χ3n) is 1.13. The molecule has 0 atom stereocenters. The molecule has 0 aromatic heterocycles. The highest BCUT2D eigenvalue weighted by molar-refractivity contribution is 6.32. The monoisotopic (exact) mass is 174 g/mol. The molecule has 0 aliphatic carbocycles. The fourth-order valence-corrected chi connectivity index (χ4v) is 0.573. The highest BCUT2D eigenvalue weighted by Crippen LogP contribution is 1.78. The fraction of sp³-hybridized carbons (Fsp3) is 0.714. The molecular weight excluding hydrogens is 160 g/mol. The summed E-state index contributed by atoms with van der Waals surface area (Å²) in [6.07, 6.45) is 0.658. The van der Waals surface area contributed by atoms with Crippen molar-refractivity contribution < 1.29 is 14.3 Å². The van der Waals surface area contributed by atoms with Gasteiger partial charge in [0.15, 0.2) is 0 Å². The summed E-state index contributed by atoms with van der Waals surface area (Å²) in [7, 11) is 0. The maximum absolute atomic E-state index is 10.8. The summed E-state index contributed by atoms with van der Waals surface area (Å²) >= 11 is 0. The second-order valence-electron chi connectivity index (χ2n) is 2.12. The Bertz CT molecular complexity index is 159. The first-order valence-electron chi connectivity index (χ1n) is 3.87. The summed E-state index contributed by atoms with van der Waals surface area (Å²) in [5.74, 6) is -1.54. The van der Waals surface area contributed by atoms with Crippen LogP contribution in [0.15, 0.2) is 0 Å². The Morgan fingerprint density at radius 2 is 2.17 bits per heavy atom. The van der Waals surface area contributed by atoms with Gasteiger partial charge in [0.05, 0.1) is 6.61 Å². The summed E-state index contributed by atoms with van der Waals surface area (Å²) < 4.78 is 4.45. The van der Waals surface area contributed by atoms with Gasteiger partial charge in [-0.3, -0.25) is 4.79 Å². The van der Waals surface area contributed by atoms with Crippen LogP contribution in [0.3, 0.4) is 0 Å². The standard InChI is InChI=1S/C7H14N2O3/c1-2-12-7(11)6(10)9-5-3-4-8/h2-5,8H2,1H3,(H,9,10). The predicted molar refractivity (Wildman–Crippen MR) is 43.3 cm³/mol. The number of carbonyl (C=O) groups excluding carboxylic acids is 2. The molecule has 5 nitrogen and oxygen atoms in total. The number of nitrogens with one attached hydrogen (secondary N) is 1. The van der Waals surface area contributed by atoms with Crippen molar-refractivity contribution in [3.05, 3.63) is 0 Å². The van der Waals surface area contributed by atoms with Gasteiger partial charge in [-0.05, 0) is 19.9 Å². The van der Waals surface area contributed by atoms with Gasteiger partial charge in [-0.2, -0.15) is 0 Å². The Labute approximate surface area is 71.3 Å². The van der Waals surface area contributed by atoms with Crippen LogP contribution in [0.4, 0.5) is 0 Å². The molecule has 0 bridgehead atoms. The maximum atomic E-state index is 10.8. The highest BCUT2D eigenvalue weighted by Gasteiger charge is 2.12. The van der Waals surface area contributed by atoms with Crippen LogP contribution in [0.5, 0.6) is 0 Å². The molecule has 0 fully saturated rings. The van der Waals surface area contributed by atoms with E-state index in [0.29, 0.717) is 19.5 Å². The number of carbonyl (C=O) groups is 2. The minimum Gasteiger partial charge on any atom is -0.459 e. The van der Waals surface area contributed by atoms with Crippen LogP contribution in [0, 0.1) is 0 Å². The summed E-state index contributed by atoms with van der Waals surface area (Å²) in [5, 5.41) is 2.37. The van der Waals surface area contributed by atoms with Crippen LogP contribution < -0.4 is 11.1 Å². The molecule has 0 saturated heterocycles. The van der Waals surface area contributed by atoms with E-state index in [1.54, 1.807) is 6.92 Å². The molecule has 70 valence electrons. The van der Waals surface area contributed by atoms with E-state index in [2.05, 4.69) is 10.1 Å². The van der Waals surface area contributed by atoms with Gasteiger partial charge in [0.25, 0.3) is 0 Å². The van der Waals surface area contributed by atoms with Crippen LogP contribution in [0.25, 0.3) is 0 Å². The number of rotatable bonds is 4. The van der Waals surface area contributed by atoms with Gasteiger partial charge in [-0.1, -0.05) is 0 Å². The third-order valence-corrected chi connectivity index (χ3v) is 1.13. The van der Waals surface area contributed by atoms with E-state index in [1.165, 1.54) is 0 Å². The van der Waals surface area contributed by atoms with Gasteiger partial charge in [-0.25, -0.2) is 4.79 Å². The first kappa shape index (κ1) is 10.9. The Morgan fingerprint density at radius 1 is 1.50 bits per heavy atom. The van der Waals surface area contributed by atoms with Crippen molar-refractivity contribution in [1.82, 2.24) is 5.32 Å². The molecule has 5 heteroatoms. The summed E-state index contributed by atoms with van der Waals surface area (Å²) in [6.45, 7) is 2.76. The van der Waals surface area contributed by atoms with E-state index in [1.807, 2.05) is 0 Å². The van der Waals surface area contributed by atoms with Gasteiger partial charge in [-0.15, -0.1) is 0 Å². The quantitative estimate of drug-likeness (QED) is 0.326. The van der Waals surface area contributed by atoms with Crippen molar-refractivity contribution in [2.24, 2.45) is 5.73 Å². The maximum Gasteiger partial charge on any atom is 0.396 e. The molecule has 0 aliphatic rings. The average molecular weight is 174 g/mol. The van der Waals surface area contributed by atoms with E-state index < -0.39 is 11.9 Å². The third kappa shape index (κ3) is 4.68. The lowest BCUT2D eigenvalue weighted by molar-refractivity contribution is -0.154. The SMILES string of the molecule is CCOC(=O)C(=O)NCCCN. The van der Waals surface area contributed by atoms with Crippen molar-refractivity contribution in [3.8, 4) is 0 Å². The summed E-state index contributed by atoms with van der Waals surface area (Å²) in [5.41, 5.74) is 5.18. The Morgan fingerprint density at radius 3 is 2.67 bits per heavy atom. The normalized spacial score (nSPS) is 9.17. The van der Waals surface area contributed by atoms with E-state index in [-0.39, 0.29) is 6.61 Å². The van der Waals surface area contributed by atoms with Gasteiger partial charge in [0, 0.05) is 6.54 Å². The molecule has 0 saturated carbocycles. The van der Waals surface area contributed by atoms with Crippen molar-refractivity contribution in [2.45, 2.75) is 13.3 Å². The molecule has 0 heterocycles.